The van der Waals surface area contributed by atoms with Gasteiger partial charge in [0.05, 0.1) is 5.69 Å². The molecule has 1 aromatic heterocycles. The van der Waals surface area contributed by atoms with E-state index < -0.39 is 0 Å². The molecule has 3 rings (SSSR count). The third kappa shape index (κ3) is 4.14. The van der Waals surface area contributed by atoms with Crippen molar-refractivity contribution < 1.29 is 0 Å². The number of hydrogen-bond donors (Lipinski definition) is 0. The topological polar surface area (TPSA) is 8.17 Å². The highest BCUT2D eigenvalue weighted by Crippen LogP contribution is 2.32. The molecule has 25 heavy (non-hydrogen) atoms. The average molecular weight is 332 g/mol. The molecule has 0 N–H and O–H groups in total. The SMILES string of the molecule is Cn1ccc(N(C2=CC=CC(C)(C)C=C2)C2=CC=CC(C)(C)C=C2)c1. The van der Waals surface area contributed by atoms with Crippen LogP contribution in [0.5, 0.6) is 0 Å². The Bertz CT molecular complexity index is 770. The Morgan fingerprint density at radius 3 is 1.76 bits per heavy atom. The molecule has 0 aromatic carbocycles. The van der Waals surface area contributed by atoms with Gasteiger partial charge in [-0.25, -0.2) is 0 Å². The Kier molecular flexibility index (Phi) is 4.47. The smallest absolute Gasteiger partial charge is 0.0638 e. The van der Waals surface area contributed by atoms with Gasteiger partial charge in [0.25, 0.3) is 0 Å². The molecule has 0 saturated heterocycles. The van der Waals surface area contributed by atoms with E-state index in [0.29, 0.717) is 0 Å². The van der Waals surface area contributed by atoms with Crippen LogP contribution in [-0.4, -0.2) is 4.57 Å². The van der Waals surface area contributed by atoms with Crippen LogP contribution >= 0.6 is 0 Å². The summed E-state index contributed by atoms with van der Waals surface area (Å²) in [6.07, 6.45) is 26.4. The van der Waals surface area contributed by atoms with Gasteiger partial charge in [-0.05, 0) is 30.4 Å². The van der Waals surface area contributed by atoms with Gasteiger partial charge in [-0.3, -0.25) is 0 Å². The Labute approximate surface area is 151 Å². The van der Waals surface area contributed by atoms with Crippen LogP contribution in [0, 0.1) is 10.8 Å². The molecule has 0 unspecified atom stereocenters. The van der Waals surface area contributed by atoms with Crippen molar-refractivity contribution in [2.24, 2.45) is 17.9 Å². The van der Waals surface area contributed by atoms with Crippen LogP contribution in [0.3, 0.4) is 0 Å². The number of nitrogens with zero attached hydrogens (tertiary/aromatic N) is 2. The average Bonchev–Trinajstić information content (AvgIpc) is 2.75. The molecule has 0 spiro atoms. The van der Waals surface area contributed by atoms with Crippen LogP contribution < -0.4 is 4.90 Å². The standard InChI is InChI=1S/C23H28N2/c1-22(2)13-6-8-19(10-15-22)25(21-12-17-24(5)18-21)20-9-7-14-23(3,4)16-11-20/h6-18H,1-5H3. The molecule has 0 fully saturated rings. The summed E-state index contributed by atoms with van der Waals surface area (Å²) < 4.78 is 2.09. The van der Waals surface area contributed by atoms with Crippen molar-refractivity contribution in [2.45, 2.75) is 27.7 Å². The molecule has 130 valence electrons. The van der Waals surface area contributed by atoms with Crippen LogP contribution in [0.15, 0.2) is 90.6 Å². The molecular weight excluding hydrogens is 304 g/mol. The minimum atomic E-state index is 0.0657. The summed E-state index contributed by atoms with van der Waals surface area (Å²) in [7, 11) is 2.06. The summed E-state index contributed by atoms with van der Waals surface area (Å²) in [5.74, 6) is 0. The lowest BCUT2D eigenvalue weighted by Crippen LogP contribution is -2.19. The lowest BCUT2D eigenvalue weighted by Gasteiger charge is -2.26. The molecule has 2 heteroatoms. The quantitative estimate of drug-likeness (QED) is 0.668. The van der Waals surface area contributed by atoms with Crippen LogP contribution in [-0.2, 0) is 7.05 Å². The second kappa shape index (κ2) is 6.44. The van der Waals surface area contributed by atoms with E-state index in [1.54, 1.807) is 0 Å². The second-order valence-corrected chi connectivity index (χ2v) is 8.08. The van der Waals surface area contributed by atoms with E-state index in [0.717, 1.165) is 17.1 Å². The van der Waals surface area contributed by atoms with Gasteiger partial charge in [-0.1, -0.05) is 64.2 Å². The maximum absolute atomic E-state index is 2.31. The van der Waals surface area contributed by atoms with Gasteiger partial charge < -0.3 is 9.47 Å². The summed E-state index contributed by atoms with van der Waals surface area (Å²) in [5, 5.41) is 0. The monoisotopic (exact) mass is 332 g/mol. The van der Waals surface area contributed by atoms with Gasteiger partial charge in [0.1, 0.15) is 0 Å². The first-order valence-electron chi connectivity index (χ1n) is 8.85. The van der Waals surface area contributed by atoms with Gasteiger partial charge in [0.2, 0.25) is 0 Å². The molecule has 2 aliphatic rings. The lowest BCUT2D eigenvalue weighted by atomic mass is 9.93. The van der Waals surface area contributed by atoms with Crippen LogP contribution in [0.1, 0.15) is 27.7 Å². The number of rotatable bonds is 3. The van der Waals surface area contributed by atoms with Gasteiger partial charge in [-0.15, -0.1) is 0 Å². The van der Waals surface area contributed by atoms with E-state index in [4.69, 9.17) is 0 Å². The predicted molar refractivity (Wildman–Crippen MR) is 108 cm³/mol. The predicted octanol–water partition coefficient (Wildman–Crippen LogP) is 5.90. The first kappa shape index (κ1) is 17.3. The molecule has 0 atom stereocenters. The molecule has 0 radical (unpaired) electrons. The number of aryl methyl sites for hydroxylation is 1. The van der Waals surface area contributed by atoms with Gasteiger partial charge in [0, 0.05) is 41.7 Å². The number of aromatic nitrogens is 1. The van der Waals surface area contributed by atoms with E-state index >= 15 is 0 Å². The maximum atomic E-state index is 2.31. The fourth-order valence-corrected chi connectivity index (χ4v) is 2.98. The normalized spacial score (nSPS) is 20.7. The highest BCUT2D eigenvalue weighted by molar-refractivity contribution is 5.64. The zero-order chi connectivity index (χ0) is 18.1. The van der Waals surface area contributed by atoms with Gasteiger partial charge >= 0.3 is 0 Å². The highest BCUT2D eigenvalue weighted by Gasteiger charge is 2.19. The number of hydrogen-bond acceptors (Lipinski definition) is 1. The first-order valence-corrected chi connectivity index (χ1v) is 8.85. The van der Waals surface area contributed by atoms with Crippen molar-refractivity contribution in [3.63, 3.8) is 0 Å². The van der Waals surface area contributed by atoms with E-state index in [9.17, 15) is 0 Å². The van der Waals surface area contributed by atoms with Crippen LogP contribution in [0.4, 0.5) is 5.69 Å². The van der Waals surface area contributed by atoms with Crippen molar-refractivity contribution in [1.82, 2.24) is 4.57 Å². The van der Waals surface area contributed by atoms with E-state index in [-0.39, 0.29) is 10.8 Å². The summed E-state index contributed by atoms with van der Waals surface area (Å²) in [4.78, 5) is 2.31. The molecule has 2 nitrogen and oxygen atoms in total. The Hall–Kier alpha value is -2.48. The minimum absolute atomic E-state index is 0.0657. The Morgan fingerprint density at radius 1 is 0.800 bits per heavy atom. The first-order chi connectivity index (χ1) is 11.8. The third-order valence-electron chi connectivity index (χ3n) is 4.54. The van der Waals surface area contributed by atoms with E-state index in [1.165, 1.54) is 0 Å². The van der Waals surface area contributed by atoms with Crippen LogP contribution in [0.25, 0.3) is 0 Å². The largest absolute Gasteiger partial charge is 0.355 e. The van der Waals surface area contributed by atoms with Crippen molar-refractivity contribution in [2.75, 3.05) is 4.90 Å². The Balaban J connectivity index is 2.06. The number of allylic oxidation sites excluding steroid dienone is 10. The summed E-state index contributed by atoms with van der Waals surface area (Å²) in [6.45, 7) is 8.89. The zero-order valence-electron chi connectivity index (χ0n) is 15.9. The van der Waals surface area contributed by atoms with Gasteiger partial charge in [-0.2, -0.15) is 0 Å². The third-order valence-corrected chi connectivity index (χ3v) is 4.54. The fourth-order valence-electron chi connectivity index (χ4n) is 2.98. The zero-order valence-corrected chi connectivity index (χ0v) is 15.9. The van der Waals surface area contributed by atoms with E-state index in [2.05, 4.69) is 123 Å². The molecule has 0 amide bonds. The van der Waals surface area contributed by atoms with E-state index in [1.807, 2.05) is 0 Å². The molecule has 1 aromatic rings. The Morgan fingerprint density at radius 2 is 1.32 bits per heavy atom. The molecule has 0 aliphatic heterocycles. The summed E-state index contributed by atoms with van der Waals surface area (Å²) >= 11 is 0. The molecule has 1 heterocycles. The minimum Gasteiger partial charge on any atom is -0.355 e. The van der Waals surface area contributed by atoms with Crippen LogP contribution in [0.2, 0.25) is 0 Å². The fraction of sp³-hybridized carbons (Fsp3) is 0.304. The molecule has 0 bridgehead atoms. The lowest BCUT2D eigenvalue weighted by molar-refractivity contribution is 0.626. The summed E-state index contributed by atoms with van der Waals surface area (Å²) in [6, 6.07) is 2.16. The van der Waals surface area contributed by atoms with Crippen molar-refractivity contribution >= 4 is 5.69 Å². The van der Waals surface area contributed by atoms with Crippen molar-refractivity contribution in [3.05, 3.63) is 90.6 Å². The summed E-state index contributed by atoms with van der Waals surface area (Å²) in [5.41, 5.74) is 3.62. The molecule has 0 saturated carbocycles. The second-order valence-electron chi connectivity index (χ2n) is 8.08. The van der Waals surface area contributed by atoms with Crippen molar-refractivity contribution in [1.29, 1.82) is 0 Å². The van der Waals surface area contributed by atoms with Crippen molar-refractivity contribution in [3.8, 4) is 0 Å². The maximum Gasteiger partial charge on any atom is 0.0638 e. The van der Waals surface area contributed by atoms with Gasteiger partial charge in [0.15, 0.2) is 0 Å². The highest BCUT2D eigenvalue weighted by atomic mass is 15.2. The molecule has 2 aliphatic carbocycles. The molecular formula is C23H28N2. The number of anilines is 1.